The van der Waals surface area contributed by atoms with Crippen molar-refractivity contribution in [1.82, 2.24) is 4.57 Å². The average molecular weight is 293 g/mol. The van der Waals surface area contributed by atoms with Gasteiger partial charge in [-0.15, -0.1) is 0 Å². The van der Waals surface area contributed by atoms with E-state index in [1.807, 2.05) is 0 Å². The van der Waals surface area contributed by atoms with E-state index in [0.29, 0.717) is 5.69 Å². The number of nitrogens with zero attached hydrogens (tertiary/aromatic N) is 2. The molecular formula is C14H13F2N3O2. The van der Waals surface area contributed by atoms with Crippen LogP contribution in [0, 0.1) is 18.6 Å². The van der Waals surface area contributed by atoms with Gasteiger partial charge in [0.2, 0.25) is 0 Å². The second kappa shape index (κ2) is 5.74. The SMILES string of the molecule is Cc1ccc(/C(N)=N/O)c(=O)n1Cc1c(F)cccc1F. The molecule has 1 heterocycles. The molecule has 2 aromatic rings. The van der Waals surface area contributed by atoms with Crippen molar-refractivity contribution in [3.05, 3.63) is 69.1 Å². The van der Waals surface area contributed by atoms with E-state index >= 15 is 0 Å². The molecule has 0 aliphatic heterocycles. The van der Waals surface area contributed by atoms with Crippen LogP contribution in [0.5, 0.6) is 0 Å². The van der Waals surface area contributed by atoms with E-state index in [4.69, 9.17) is 10.9 Å². The molecule has 1 aromatic heterocycles. The lowest BCUT2D eigenvalue weighted by molar-refractivity contribution is 0.318. The Bertz CT molecular complexity index is 749. The summed E-state index contributed by atoms with van der Waals surface area (Å²) in [6, 6.07) is 6.42. The van der Waals surface area contributed by atoms with Crippen molar-refractivity contribution in [3.63, 3.8) is 0 Å². The molecule has 0 aliphatic carbocycles. The highest BCUT2D eigenvalue weighted by Crippen LogP contribution is 2.14. The minimum atomic E-state index is -0.740. The molecule has 5 nitrogen and oxygen atoms in total. The summed E-state index contributed by atoms with van der Waals surface area (Å²) in [4.78, 5) is 12.3. The van der Waals surface area contributed by atoms with Crippen LogP contribution in [-0.2, 0) is 6.54 Å². The Hall–Kier alpha value is -2.70. The normalized spacial score (nSPS) is 11.7. The largest absolute Gasteiger partial charge is 0.409 e. The van der Waals surface area contributed by atoms with Gasteiger partial charge in [-0.3, -0.25) is 4.79 Å². The highest BCUT2D eigenvalue weighted by atomic mass is 19.1. The third-order valence-electron chi connectivity index (χ3n) is 3.15. The molecule has 0 amide bonds. The van der Waals surface area contributed by atoms with Crippen LogP contribution in [0.25, 0.3) is 0 Å². The molecule has 21 heavy (non-hydrogen) atoms. The Morgan fingerprint density at radius 3 is 2.48 bits per heavy atom. The minimum Gasteiger partial charge on any atom is -0.409 e. The van der Waals surface area contributed by atoms with Crippen molar-refractivity contribution >= 4 is 5.84 Å². The molecule has 7 heteroatoms. The van der Waals surface area contributed by atoms with Crippen molar-refractivity contribution in [1.29, 1.82) is 0 Å². The van der Waals surface area contributed by atoms with E-state index in [9.17, 15) is 13.6 Å². The summed E-state index contributed by atoms with van der Waals surface area (Å²) >= 11 is 0. The molecule has 0 spiro atoms. The molecule has 0 saturated carbocycles. The van der Waals surface area contributed by atoms with Crippen LogP contribution in [0.15, 0.2) is 40.3 Å². The highest BCUT2D eigenvalue weighted by molar-refractivity contribution is 5.96. The van der Waals surface area contributed by atoms with Crippen LogP contribution in [0.4, 0.5) is 8.78 Å². The fourth-order valence-corrected chi connectivity index (χ4v) is 1.96. The topological polar surface area (TPSA) is 80.6 Å². The van der Waals surface area contributed by atoms with Crippen molar-refractivity contribution in [2.24, 2.45) is 10.9 Å². The molecule has 2 rings (SSSR count). The van der Waals surface area contributed by atoms with Crippen molar-refractivity contribution in [2.75, 3.05) is 0 Å². The van der Waals surface area contributed by atoms with E-state index in [-0.39, 0.29) is 23.5 Å². The van der Waals surface area contributed by atoms with Crippen LogP contribution in [0.1, 0.15) is 16.8 Å². The van der Waals surface area contributed by atoms with Gasteiger partial charge >= 0.3 is 0 Å². The fraction of sp³-hybridized carbons (Fsp3) is 0.143. The first kappa shape index (κ1) is 14.7. The van der Waals surface area contributed by atoms with Gasteiger partial charge < -0.3 is 15.5 Å². The maximum Gasteiger partial charge on any atom is 0.262 e. The quantitative estimate of drug-likeness (QED) is 0.390. The van der Waals surface area contributed by atoms with Gasteiger partial charge in [0.15, 0.2) is 5.84 Å². The van der Waals surface area contributed by atoms with Gasteiger partial charge in [0, 0.05) is 11.3 Å². The number of nitrogens with two attached hydrogens (primary N) is 1. The van der Waals surface area contributed by atoms with Gasteiger partial charge in [0.05, 0.1) is 12.1 Å². The van der Waals surface area contributed by atoms with Gasteiger partial charge in [0.1, 0.15) is 11.6 Å². The molecule has 0 atom stereocenters. The molecule has 3 N–H and O–H groups in total. The zero-order chi connectivity index (χ0) is 15.6. The number of aryl methyl sites for hydroxylation is 1. The monoisotopic (exact) mass is 293 g/mol. The van der Waals surface area contributed by atoms with Crippen molar-refractivity contribution < 1.29 is 14.0 Å². The molecule has 0 aliphatic rings. The van der Waals surface area contributed by atoms with Crippen LogP contribution < -0.4 is 11.3 Å². The summed E-state index contributed by atoms with van der Waals surface area (Å²) in [5, 5.41) is 11.4. The van der Waals surface area contributed by atoms with E-state index in [2.05, 4.69) is 5.16 Å². The zero-order valence-electron chi connectivity index (χ0n) is 11.2. The predicted molar refractivity (Wildman–Crippen MR) is 73.4 cm³/mol. The summed E-state index contributed by atoms with van der Waals surface area (Å²) in [5.74, 6) is -1.84. The van der Waals surface area contributed by atoms with Crippen molar-refractivity contribution in [2.45, 2.75) is 13.5 Å². The maximum atomic E-state index is 13.7. The number of pyridine rings is 1. The first-order valence-electron chi connectivity index (χ1n) is 6.07. The molecule has 1 aromatic carbocycles. The number of halogens is 2. The molecule has 0 radical (unpaired) electrons. The molecule has 0 saturated heterocycles. The number of aromatic nitrogens is 1. The predicted octanol–water partition coefficient (Wildman–Crippen LogP) is 1.58. The van der Waals surface area contributed by atoms with Crippen LogP contribution in [0.3, 0.4) is 0 Å². The lowest BCUT2D eigenvalue weighted by Crippen LogP contribution is -2.31. The number of oxime groups is 1. The lowest BCUT2D eigenvalue weighted by atomic mass is 10.1. The first-order chi connectivity index (χ1) is 9.95. The minimum absolute atomic E-state index is 0.0418. The Morgan fingerprint density at radius 2 is 1.90 bits per heavy atom. The summed E-state index contributed by atoms with van der Waals surface area (Å²) in [5.41, 5.74) is 5.05. The van der Waals surface area contributed by atoms with E-state index in [1.165, 1.54) is 12.1 Å². The standard InChI is InChI=1S/C14H13F2N3O2/c1-8-5-6-9(13(17)18-21)14(20)19(8)7-10-11(15)3-2-4-12(10)16/h2-6,21H,7H2,1H3,(H2,17,18). The third kappa shape index (κ3) is 2.76. The highest BCUT2D eigenvalue weighted by Gasteiger charge is 2.14. The second-order valence-electron chi connectivity index (χ2n) is 4.47. The Kier molecular flexibility index (Phi) is 4.02. The van der Waals surface area contributed by atoms with Crippen molar-refractivity contribution in [3.8, 4) is 0 Å². The van der Waals surface area contributed by atoms with E-state index < -0.39 is 17.2 Å². The summed E-state index contributed by atoms with van der Waals surface area (Å²) in [6.07, 6.45) is 0. The van der Waals surface area contributed by atoms with Crippen LogP contribution >= 0.6 is 0 Å². The first-order valence-corrected chi connectivity index (χ1v) is 6.07. The number of rotatable bonds is 3. The molecule has 0 unspecified atom stereocenters. The number of hydrogen-bond acceptors (Lipinski definition) is 3. The third-order valence-corrected chi connectivity index (χ3v) is 3.15. The van der Waals surface area contributed by atoms with Crippen LogP contribution in [-0.4, -0.2) is 15.6 Å². The average Bonchev–Trinajstić information content (AvgIpc) is 2.45. The Labute approximate surface area is 118 Å². The molecule has 0 fully saturated rings. The Morgan fingerprint density at radius 1 is 1.29 bits per heavy atom. The lowest BCUT2D eigenvalue weighted by Gasteiger charge is -2.12. The Balaban J connectivity index is 2.57. The van der Waals surface area contributed by atoms with E-state index in [0.717, 1.165) is 16.7 Å². The maximum absolute atomic E-state index is 13.7. The smallest absolute Gasteiger partial charge is 0.262 e. The number of benzene rings is 1. The summed E-state index contributed by atoms with van der Waals surface area (Å²) < 4.78 is 28.5. The van der Waals surface area contributed by atoms with Gasteiger partial charge in [-0.2, -0.15) is 0 Å². The van der Waals surface area contributed by atoms with Gasteiger partial charge in [-0.1, -0.05) is 11.2 Å². The molecule has 110 valence electrons. The second-order valence-corrected chi connectivity index (χ2v) is 4.47. The fourth-order valence-electron chi connectivity index (χ4n) is 1.96. The van der Waals surface area contributed by atoms with Gasteiger partial charge in [-0.05, 0) is 31.2 Å². The summed E-state index contributed by atoms with van der Waals surface area (Å²) in [6.45, 7) is 1.34. The van der Waals surface area contributed by atoms with Gasteiger partial charge in [-0.25, -0.2) is 8.78 Å². The number of amidine groups is 1. The zero-order valence-corrected chi connectivity index (χ0v) is 11.2. The molecular weight excluding hydrogens is 280 g/mol. The molecule has 0 bridgehead atoms. The van der Waals surface area contributed by atoms with E-state index in [1.54, 1.807) is 13.0 Å². The van der Waals surface area contributed by atoms with Crippen LogP contribution in [0.2, 0.25) is 0 Å². The van der Waals surface area contributed by atoms with Gasteiger partial charge in [0.25, 0.3) is 5.56 Å². The number of hydrogen-bond donors (Lipinski definition) is 2. The summed E-state index contributed by atoms with van der Waals surface area (Å²) in [7, 11) is 0.